The SMILES string of the molecule is CCOC(=O)C1CCN(C(=O)OC(C)(C)C)CC(Br)C1=O. The predicted molar refractivity (Wildman–Crippen MR) is 80.3 cm³/mol. The van der Waals surface area contributed by atoms with Crippen LogP contribution in [-0.2, 0) is 19.1 Å². The third kappa shape index (κ3) is 5.30. The summed E-state index contributed by atoms with van der Waals surface area (Å²) in [4.78, 5) is 36.9. The summed E-state index contributed by atoms with van der Waals surface area (Å²) in [6, 6.07) is 0. The number of carbonyl (C=O) groups excluding carboxylic acids is 3. The number of amides is 1. The molecule has 1 saturated heterocycles. The van der Waals surface area contributed by atoms with Gasteiger partial charge >= 0.3 is 12.1 Å². The van der Waals surface area contributed by atoms with Gasteiger partial charge in [-0.25, -0.2) is 4.79 Å². The zero-order valence-corrected chi connectivity index (χ0v) is 14.4. The van der Waals surface area contributed by atoms with Crippen LogP contribution in [0.25, 0.3) is 0 Å². The fourth-order valence-corrected chi connectivity index (χ4v) is 2.66. The zero-order valence-electron chi connectivity index (χ0n) is 12.8. The third-order valence-electron chi connectivity index (χ3n) is 2.94. The molecule has 2 unspecified atom stereocenters. The molecule has 2 atom stereocenters. The molecule has 0 aromatic carbocycles. The van der Waals surface area contributed by atoms with E-state index < -0.39 is 28.4 Å². The lowest BCUT2D eigenvalue weighted by Gasteiger charge is -2.26. The molecule has 1 amide bonds. The highest BCUT2D eigenvalue weighted by Gasteiger charge is 2.38. The first-order valence-corrected chi connectivity index (χ1v) is 7.89. The summed E-state index contributed by atoms with van der Waals surface area (Å²) < 4.78 is 10.2. The molecule has 0 aromatic rings. The van der Waals surface area contributed by atoms with Gasteiger partial charge in [0, 0.05) is 13.1 Å². The number of ether oxygens (including phenoxy) is 2. The maximum absolute atomic E-state index is 12.2. The van der Waals surface area contributed by atoms with Crippen molar-refractivity contribution in [2.75, 3.05) is 19.7 Å². The second kappa shape index (κ2) is 7.24. The number of hydrogen-bond acceptors (Lipinski definition) is 5. The second-order valence-corrected chi connectivity index (χ2v) is 6.99. The first-order valence-electron chi connectivity index (χ1n) is 6.98. The molecule has 0 spiro atoms. The molecule has 7 heteroatoms. The second-order valence-electron chi connectivity index (χ2n) is 5.89. The summed E-state index contributed by atoms with van der Waals surface area (Å²) in [5, 5.41) is 0. The van der Waals surface area contributed by atoms with Crippen LogP contribution in [0.5, 0.6) is 0 Å². The molecule has 1 aliphatic heterocycles. The highest BCUT2D eigenvalue weighted by molar-refractivity contribution is 9.10. The average molecular weight is 364 g/mol. The topological polar surface area (TPSA) is 72.9 Å². The molecular weight excluding hydrogens is 342 g/mol. The van der Waals surface area contributed by atoms with Gasteiger partial charge in [-0.3, -0.25) is 9.59 Å². The van der Waals surface area contributed by atoms with Crippen molar-refractivity contribution < 1.29 is 23.9 Å². The number of nitrogens with zero attached hydrogens (tertiary/aromatic N) is 1. The molecular formula is C14H22BrNO5. The number of ketones is 1. The quantitative estimate of drug-likeness (QED) is 0.426. The molecule has 0 aromatic heterocycles. The molecule has 1 fully saturated rings. The molecule has 1 heterocycles. The first-order chi connectivity index (χ1) is 9.65. The molecule has 1 rings (SSSR count). The van der Waals surface area contributed by atoms with Gasteiger partial charge in [0.2, 0.25) is 0 Å². The number of rotatable bonds is 2. The monoisotopic (exact) mass is 363 g/mol. The Kier molecular flexibility index (Phi) is 6.19. The minimum Gasteiger partial charge on any atom is -0.465 e. The molecule has 6 nitrogen and oxygen atoms in total. The van der Waals surface area contributed by atoms with E-state index in [0.29, 0.717) is 0 Å². The van der Waals surface area contributed by atoms with Crippen molar-refractivity contribution in [1.82, 2.24) is 4.90 Å². The minimum atomic E-state index is -0.832. The summed E-state index contributed by atoms with van der Waals surface area (Å²) >= 11 is 3.25. The van der Waals surface area contributed by atoms with Gasteiger partial charge in [0.05, 0.1) is 11.4 Å². The molecule has 0 aliphatic carbocycles. The van der Waals surface area contributed by atoms with E-state index in [9.17, 15) is 14.4 Å². The Labute approximate surface area is 133 Å². The standard InChI is InChI=1S/C14H22BrNO5/c1-5-20-12(18)9-6-7-16(8-10(15)11(9)17)13(19)21-14(2,3)4/h9-10H,5-8H2,1-4H3. The van der Waals surface area contributed by atoms with E-state index in [1.807, 2.05) is 0 Å². The van der Waals surface area contributed by atoms with Gasteiger partial charge in [-0.2, -0.15) is 0 Å². The fourth-order valence-electron chi connectivity index (χ4n) is 1.99. The lowest BCUT2D eigenvalue weighted by atomic mass is 9.99. The Bertz CT molecular complexity index is 418. The molecule has 0 N–H and O–H groups in total. The van der Waals surface area contributed by atoms with E-state index in [1.54, 1.807) is 27.7 Å². The summed E-state index contributed by atoms with van der Waals surface area (Å²) in [5.41, 5.74) is -0.601. The maximum Gasteiger partial charge on any atom is 0.410 e. The highest BCUT2D eigenvalue weighted by Crippen LogP contribution is 2.22. The van der Waals surface area contributed by atoms with E-state index in [4.69, 9.17) is 9.47 Å². The Balaban J connectivity index is 2.77. The molecule has 1 aliphatic rings. The van der Waals surface area contributed by atoms with Gasteiger partial charge in [-0.05, 0) is 34.1 Å². The summed E-state index contributed by atoms with van der Waals surface area (Å²) in [5.74, 6) is -1.61. The maximum atomic E-state index is 12.2. The number of esters is 1. The van der Waals surface area contributed by atoms with E-state index in [2.05, 4.69) is 15.9 Å². The van der Waals surface area contributed by atoms with Gasteiger partial charge in [0.25, 0.3) is 0 Å². The Morgan fingerprint density at radius 3 is 2.52 bits per heavy atom. The van der Waals surface area contributed by atoms with Crippen molar-refractivity contribution >= 4 is 33.8 Å². The fraction of sp³-hybridized carbons (Fsp3) is 0.786. The van der Waals surface area contributed by atoms with Crippen molar-refractivity contribution in [2.24, 2.45) is 5.92 Å². The molecule has 120 valence electrons. The largest absolute Gasteiger partial charge is 0.465 e. The van der Waals surface area contributed by atoms with Crippen molar-refractivity contribution in [3.05, 3.63) is 0 Å². The highest BCUT2D eigenvalue weighted by atomic mass is 79.9. The number of hydrogen-bond donors (Lipinski definition) is 0. The lowest BCUT2D eigenvalue weighted by molar-refractivity contribution is -0.151. The Morgan fingerprint density at radius 1 is 1.38 bits per heavy atom. The van der Waals surface area contributed by atoms with Crippen LogP contribution in [0.3, 0.4) is 0 Å². The van der Waals surface area contributed by atoms with Crippen molar-refractivity contribution in [3.63, 3.8) is 0 Å². The first kappa shape index (κ1) is 17.9. The zero-order chi connectivity index (χ0) is 16.2. The predicted octanol–water partition coefficient (Wildman–Crippen LogP) is 2.14. The molecule has 0 radical (unpaired) electrons. The summed E-state index contributed by atoms with van der Waals surface area (Å²) in [6.07, 6.45) is -0.233. The number of carbonyl (C=O) groups is 3. The number of likely N-dealkylation sites (tertiary alicyclic amines) is 1. The Hall–Kier alpha value is -1.11. The smallest absolute Gasteiger partial charge is 0.410 e. The van der Waals surface area contributed by atoms with E-state index in [1.165, 1.54) is 4.90 Å². The summed E-state index contributed by atoms with van der Waals surface area (Å²) in [7, 11) is 0. The van der Waals surface area contributed by atoms with Crippen molar-refractivity contribution in [2.45, 2.75) is 44.5 Å². The van der Waals surface area contributed by atoms with Crippen LogP contribution < -0.4 is 0 Å². The molecule has 0 saturated carbocycles. The van der Waals surface area contributed by atoms with Crippen LogP contribution >= 0.6 is 15.9 Å². The van der Waals surface area contributed by atoms with Crippen LogP contribution in [0.15, 0.2) is 0 Å². The van der Waals surface area contributed by atoms with Gasteiger partial charge in [0.15, 0.2) is 5.78 Å². The minimum absolute atomic E-state index is 0.184. The van der Waals surface area contributed by atoms with Gasteiger partial charge < -0.3 is 14.4 Å². The average Bonchev–Trinajstić information content (AvgIpc) is 2.48. The third-order valence-corrected chi connectivity index (χ3v) is 3.68. The van der Waals surface area contributed by atoms with Gasteiger partial charge in [-0.15, -0.1) is 0 Å². The molecule has 21 heavy (non-hydrogen) atoms. The lowest BCUT2D eigenvalue weighted by Crippen LogP contribution is -2.40. The Morgan fingerprint density at radius 2 is 2.00 bits per heavy atom. The van der Waals surface area contributed by atoms with E-state index in [0.717, 1.165) is 0 Å². The summed E-state index contributed by atoms with van der Waals surface area (Å²) in [6.45, 7) is 7.72. The van der Waals surface area contributed by atoms with Crippen LogP contribution in [0, 0.1) is 5.92 Å². The number of halogens is 1. The van der Waals surface area contributed by atoms with Crippen molar-refractivity contribution in [1.29, 1.82) is 0 Å². The van der Waals surface area contributed by atoms with Gasteiger partial charge in [0.1, 0.15) is 11.5 Å². The van der Waals surface area contributed by atoms with E-state index in [-0.39, 0.29) is 31.9 Å². The van der Waals surface area contributed by atoms with Crippen LogP contribution in [-0.4, -0.2) is 52.9 Å². The van der Waals surface area contributed by atoms with Crippen LogP contribution in [0.2, 0.25) is 0 Å². The van der Waals surface area contributed by atoms with Crippen molar-refractivity contribution in [3.8, 4) is 0 Å². The normalized spacial score (nSPS) is 23.5. The van der Waals surface area contributed by atoms with Crippen LogP contribution in [0.4, 0.5) is 4.79 Å². The molecule has 0 bridgehead atoms. The number of alkyl halides is 1. The van der Waals surface area contributed by atoms with E-state index >= 15 is 0 Å². The van der Waals surface area contributed by atoms with Crippen LogP contribution in [0.1, 0.15) is 34.1 Å². The number of Topliss-reactive ketones (excluding diaryl/α,β-unsaturated/α-hetero) is 1. The van der Waals surface area contributed by atoms with Gasteiger partial charge in [-0.1, -0.05) is 15.9 Å².